The minimum atomic E-state index is -4.82. The summed E-state index contributed by atoms with van der Waals surface area (Å²) in [5, 5.41) is 14.0. The molecule has 7 rings (SSSR count). The van der Waals surface area contributed by atoms with Crippen molar-refractivity contribution in [1.29, 1.82) is 0 Å². The predicted molar refractivity (Wildman–Crippen MR) is 141 cm³/mol. The average Bonchev–Trinajstić information content (AvgIpc) is 3.07. The van der Waals surface area contributed by atoms with Gasteiger partial charge in [0.1, 0.15) is 29.5 Å². The highest BCUT2D eigenvalue weighted by Gasteiger charge is 2.56. The lowest BCUT2D eigenvalue weighted by Crippen LogP contribution is -2.59. The Bertz CT molecular complexity index is 1480. The van der Waals surface area contributed by atoms with Crippen LogP contribution in [0.25, 0.3) is 10.8 Å². The molecule has 4 aliphatic rings. The minimum absolute atomic E-state index is 0.0599. The molecule has 4 fully saturated rings. The number of hydrogen-bond donors (Lipinski definition) is 2. The van der Waals surface area contributed by atoms with E-state index in [0.29, 0.717) is 29.2 Å². The van der Waals surface area contributed by atoms with E-state index in [9.17, 15) is 32.3 Å². The van der Waals surface area contributed by atoms with Gasteiger partial charge in [-0.05, 0) is 92.0 Å². The first-order chi connectivity index (χ1) is 19.5. The van der Waals surface area contributed by atoms with Gasteiger partial charge >= 0.3 is 12.3 Å². The third-order valence-corrected chi connectivity index (χ3v) is 9.01. The SMILES string of the molecule is O=C(N[C@@]1(C(=O)O)CC2C[C@@H]3C[C@H](C2)C[C@H]1C3)c1ccc2c(F)cccc2c1OCc1ccc(OC(F)(F)F)cc1. The number of amides is 1. The normalized spacial score (nSPS) is 26.9. The van der Waals surface area contributed by atoms with Gasteiger partial charge in [0.05, 0.1) is 5.56 Å². The number of carbonyl (C=O) groups excluding carboxylic acids is 1. The van der Waals surface area contributed by atoms with E-state index < -0.39 is 35.3 Å². The van der Waals surface area contributed by atoms with Gasteiger partial charge in [-0.3, -0.25) is 4.79 Å². The second-order valence-corrected chi connectivity index (χ2v) is 11.7. The molecule has 0 aliphatic heterocycles. The lowest BCUT2D eigenvalue weighted by molar-refractivity contribution is -0.274. The quantitative estimate of drug-likeness (QED) is 0.303. The molecule has 4 saturated carbocycles. The van der Waals surface area contributed by atoms with E-state index in [0.717, 1.165) is 44.2 Å². The summed E-state index contributed by atoms with van der Waals surface area (Å²) in [6.07, 6.45) is 0.157. The molecule has 4 bridgehead atoms. The van der Waals surface area contributed by atoms with Crippen LogP contribution >= 0.6 is 0 Å². The maximum absolute atomic E-state index is 14.7. The van der Waals surface area contributed by atoms with Crippen LogP contribution in [0.3, 0.4) is 0 Å². The number of carboxylic acids is 1. The third kappa shape index (κ3) is 5.31. The molecule has 0 spiro atoms. The molecule has 3 aromatic carbocycles. The smallest absolute Gasteiger partial charge is 0.487 e. The number of carboxylic acid groups (broad SMARTS) is 1. The summed E-state index contributed by atoms with van der Waals surface area (Å²) in [6, 6.07) is 12.3. The Kier molecular flexibility index (Phi) is 6.82. The lowest BCUT2D eigenvalue weighted by atomic mass is 9.66. The second-order valence-electron chi connectivity index (χ2n) is 11.7. The number of benzene rings is 3. The van der Waals surface area contributed by atoms with Gasteiger partial charge in [0.2, 0.25) is 0 Å². The van der Waals surface area contributed by atoms with Crippen molar-refractivity contribution in [3.8, 4) is 11.5 Å². The molecule has 0 saturated heterocycles. The molecule has 1 unspecified atom stereocenters. The second kappa shape index (κ2) is 10.2. The van der Waals surface area contributed by atoms with Crippen LogP contribution in [0.15, 0.2) is 54.6 Å². The zero-order valence-electron chi connectivity index (χ0n) is 22.0. The standard InChI is InChI=1S/C31H29F4NO5/c32-26-3-1-2-24-23(26)8-9-25(27(24)40-16-17-4-6-22(7-5-17)41-31(33,34)35)28(37)36-30(29(38)39)15-20-11-18-10-19(12-20)14-21(30)13-18/h1-9,18-21H,10-16H2,(H,36,37)(H,38,39)/t18-,19+,20?,21+,30-/m0/s1. The number of hydrogen-bond acceptors (Lipinski definition) is 4. The molecule has 6 nitrogen and oxygen atoms in total. The molecule has 4 aliphatic carbocycles. The van der Waals surface area contributed by atoms with Crippen molar-refractivity contribution >= 4 is 22.6 Å². The number of fused-ring (bicyclic) bond motifs is 2. The van der Waals surface area contributed by atoms with Crippen LogP contribution in [0, 0.1) is 29.5 Å². The Morgan fingerprint density at radius 2 is 1.59 bits per heavy atom. The molecule has 1 amide bonds. The van der Waals surface area contributed by atoms with Crippen molar-refractivity contribution in [3.05, 3.63) is 71.5 Å². The summed E-state index contributed by atoms with van der Waals surface area (Å²) >= 11 is 0. The van der Waals surface area contributed by atoms with Crippen molar-refractivity contribution in [2.45, 2.75) is 57.0 Å². The van der Waals surface area contributed by atoms with Crippen LogP contribution in [-0.2, 0) is 11.4 Å². The third-order valence-electron chi connectivity index (χ3n) is 9.01. The zero-order chi connectivity index (χ0) is 28.9. The van der Waals surface area contributed by atoms with Gasteiger partial charge in [-0.15, -0.1) is 13.2 Å². The molecular weight excluding hydrogens is 542 g/mol. The van der Waals surface area contributed by atoms with Crippen LogP contribution in [0.4, 0.5) is 17.6 Å². The number of alkyl halides is 3. The van der Waals surface area contributed by atoms with E-state index in [4.69, 9.17) is 4.74 Å². The molecule has 216 valence electrons. The number of aliphatic carboxylic acids is 1. The fourth-order valence-electron chi connectivity index (χ4n) is 7.49. The summed E-state index contributed by atoms with van der Waals surface area (Å²) in [7, 11) is 0. The van der Waals surface area contributed by atoms with E-state index >= 15 is 0 Å². The summed E-state index contributed by atoms with van der Waals surface area (Å²) in [4.78, 5) is 26.7. The van der Waals surface area contributed by atoms with Crippen LogP contribution < -0.4 is 14.8 Å². The number of halogens is 4. The van der Waals surface area contributed by atoms with Crippen LogP contribution in [0.5, 0.6) is 11.5 Å². The van der Waals surface area contributed by atoms with Gasteiger partial charge in [0.15, 0.2) is 0 Å². The van der Waals surface area contributed by atoms with Crippen molar-refractivity contribution < 1.29 is 41.7 Å². The van der Waals surface area contributed by atoms with E-state index in [2.05, 4.69) is 10.1 Å². The fourth-order valence-corrected chi connectivity index (χ4v) is 7.49. The van der Waals surface area contributed by atoms with Crippen molar-refractivity contribution in [3.63, 3.8) is 0 Å². The first-order valence-electron chi connectivity index (χ1n) is 13.8. The first kappa shape index (κ1) is 27.4. The Labute approximate surface area is 233 Å². The Balaban J connectivity index is 1.31. The average molecular weight is 572 g/mol. The van der Waals surface area contributed by atoms with E-state index in [1.54, 1.807) is 6.07 Å². The van der Waals surface area contributed by atoms with E-state index in [-0.39, 0.29) is 35.1 Å². The predicted octanol–water partition coefficient (Wildman–Crippen LogP) is 6.86. The van der Waals surface area contributed by atoms with E-state index in [1.807, 2.05) is 0 Å². The topological polar surface area (TPSA) is 84.9 Å². The van der Waals surface area contributed by atoms with Gasteiger partial charge < -0.3 is 19.9 Å². The Hall–Kier alpha value is -3.82. The highest BCUT2D eigenvalue weighted by atomic mass is 19.4. The van der Waals surface area contributed by atoms with Crippen LogP contribution in [0.2, 0.25) is 0 Å². The number of ether oxygens (including phenoxy) is 2. The fraction of sp³-hybridized carbons (Fsp3) is 0.419. The molecule has 2 N–H and O–H groups in total. The maximum atomic E-state index is 14.7. The summed E-state index contributed by atoms with van der Waals surface area (Å²) in [6.45, 7) is -0.139. The summed E-state index contributed by atoms with van der Waals surface area (Å²) in [5.74, 6) is -1.51. The van der Waals surface area contributed by atoms with Gasteiger partial charge in [-0.25, -0.2) is 9.18 Å². The molecule has 41 heavy (non-hydrogen) atoms. The van der Waals surface area contributed by atoms with E-state index in [1.165, 1.54) is 36.4 Å². The molecule has 3 aromatic rings. The lowest BCUT2D eigenvalue weighted by Gasteiger charge is -2.41. The molecule has 5 atom stereocenters. The van der Waals surface area contributed by atoms with Gasteiger partial charge in [-0.2, -0.15) is 0 Å². The maximum Gasteiger partial charge on any atom is 0.573 e. The summed E-state index contributed by atoms with van der Waals surface area (Å²) in [5.41, 5.74) is -0.864. The zero-order valence-corrected chi connectivity index (χ0v) is 22.0. The highest BCUT2D eigenvalue weighted by Crippen LogP contribution is 2.55. The van der Waals surface area contributed by atoms with Crippen molar-refractivity contribution in [2.24, 2.45) is 23.7 Å². The number of rotatable bonds is 7. The molecule has 10 heteroatoms. The molecule has 0 radical (unpaired) electrons. The largest absolute Gasteiger partial charge is 0.573 e. The summed E-state index contributed by atoms with van der Waals surface area (Å²) < 4.78 is 62.2. The van der Waals surface area contributed by atoms with Crippen molar-refractivity contribution in [1.82, 2.24) is 5.32 Å². The van der Waals surface area contributed by atoms with Crippen LogP contribution in [-0.4, -0.2) is 28.9 Å². The highest BCUT2D eigenvalue weighted by molar-refractivity contribution is 6.05. The minimum Gasteiger partial charge on any atom is -0.487 e. The van der Waals surface area contributed by atoms with Crippen LogP contribution in [0.1, 0.15) is 54.4 Å². The van der Waals surface area contributed by atoms with Crippen molar-refractivity contribution in [2.75, 3.05) is 0 Å². The molecule has 0 aromatic heterocycles. The molecule has 0 heterocycles. The number of nitrogens with one attached hydrogen (secondary N) is 1. The monoisotopic (exact) mass is 571 g/mol. The van der Waals surface area contributed by atoms with Gasteiger partial charge in [0, 0.05) is 10.8 Å². The molecular formula is C31H29F4NO5. The van der Waals surface area contributed by atoms with Gasteiger partial charge in [-0.1, -0.05) is 30.3 Å². The number of carbonyl (C=O) groups is 2. The van der Waals surface area contributed by atoms with Gasteiger partial charge in [0.25, 0.3) is 5.91 Å². The Morgan fingerprint density at radius 3 is 2.24 bits per heavy atom. The Morgan fingerprint density at radius 1 is 0.902 bits per heavy atom. The first-order valence-corrected chi connectivity index (χ1v) is 13.8.